The van der Waals surface area contributed by atoms with Crippen LogP contribution in [0.4, 0.5) is 0 Å². The van der Waals surface area contributed by atoms with Crippen molar-refractivity contribution < 1.29 is 0 Å². The van der Waals surface area contributed by atoms with Crippen molar-refractivity contribution in [3.63, 3.8) is 0 Å². The largest absolute Gasteiger partial charge is 0.357 e. The highest BCUT2D eigenvalue weighted by Gasteiger charge is 2.08. The third-order valence-electron chi connectivity index (χ3n) is 2.50. The fourth-order valence-electron chi connectivity index (χ4n) is 1.71. The van der Waals surface area contributed by atoms with Gasteiger partial charge in [-0.3, -0.25) is 0 Å². The number of hydrogen-bond acceptors (Lipinski definition) is 1. The Kier molecular flexibility index (Phi) is 2.50. The maximum atomic E-state index is 3.54. The van der Waals surface area contributed by atoms with Crippen molar-refractivity contribution in [3.05, 3.63) is 36.2 Å². The van der Waals surface area contributed by atoms with Crippen LogP contribution in [0, 0.1) is 0 Å². The van der Waals surface area contributed by atoms with Crippen molar-refractivity contribution in [2.24, 2.45) is 7.05 Å². The van der Waals surface area contributed by atoms with Gasteiger partial charge in [0.05, 0.1) is 0 Å². The van der Waals surface area contributed by atoms with Crippen molar-refractivity contribution in [1.82, 2.24) is 9.88 Å². The number of aryl methyl sites for hydroxylation is 1. The van der Waals surface area contributed by atoms with Gasteiger partial charge in [0.2, 0.25) is 0 Å². The van der Waals surface area contributed by atoms with Crippen LogP contribution in [0.5, 0.6) is 0 Å². The first-order valence-electron chi connectivity index (χ1n) is 4.84. The van der Waals surface area contributed by atoms with Gasteiger partial charge in [-0.2, -0.15) is 0 Å². The van der Waals surface area contributed by atoms with E-state index in [-0.39, 0.29) is 0 Å². The predicted molar refractivity (Wildman–Crippen MR) is 54.4 cm³/mol. The van der Waals surface area contributed by atoms with Crippen LogP contribution in [-0.2, 0) is 13.6 Å². The SMILES string of the molecule is Cn1ccc(CNC2CC=CC2)c1. The molecular weight excluding hydrogens is 160 g/mol. The molecule has 2 rings (SSSR count). The zero-order chi connectivity index (χ0) is 9.10. The molecule has 0 unspecified atom stereocenters. The smallest absolute Gasteiger partial charge is 0.0223 e. The van der Waals surface area contributed by atoms with Crippen LogP contribution >= 0.6 is 0 Å². The summed E-state index contributed by atoms with van der Waals surface area (Å²) in [6.45, 7) is 0.993. The number of aromatic nitrogens is 1. The number of hydrogen-bond donors (Lipinski definition) is 1. The first-order chi connectivity index (χ1) is 6.34. The molecule has 0 amide bonds. The third-order valence-corrected chi connectivity index (χ3v) is 2.50. The van der Waals surface area contributed by atoms with E-state index in [9.17, 15) is 0 Å². The molecule has 1 N–H and O–H groups in total. The Morgan fingerprint density at radius 1 is 1.46 bits per heavy atom. The van der Waals surface area contributed by atoms with Gasteiger partial charge in [-0.1, -0.05) is 12.2 Å². The van der Waals surface area contributed by atoms with Crippen molar-refractivity contribution in [1.29, 1.82) is 0 Å². The molecule has 0 bridgehead atoms. The Bertz CT molecular complexity index is 291. The topological polar surface area (TPSA) is 17.0 Å². The van der Waals surface area contributed by atoms with Crippen molar-refractivity contribution >= 4 is 0 Å². The normalized spacial score (nSPS) is 17.0. The van der Waals surface area contributed by atoms with Gasteiger partial charge in [0.15, 0.2) is 0 Å². The Balaban J connectivity index is 1.79. The minimum atomic E-state index is 0.667. The average Bonchev–Trinajstić information content (AvgIpc) is 2.71. The lowest BCUT2D eigenvalue weighted by atomic mass is 10.2. The van der Waals surface area contributed by atoms with Gasteiger partial charge in [-0.05, 0) is 24.5 Å². The van der Waals surface area contributed by atoms with Crippen LogP contribution in [0.1, 0.15) is 18.4 Å². The molecule has 2 nitrogen and oxygen atoms in total. The first kappa shape index (κ1) is 8.57. The predicted octanol–water partition coefficient (Wildman–Crippen LogP) is 1.83. The number of rotatable bonds is 3. The van der Waals surface area contributed by atoms with Gasteiger partial charge >= 0.3 is 0 Å². The summed E-state index contributed by atoms with van der Waals surface area (Å²) >= 11 is 0. The van der Waals surface area contributed by atoms with E-state index in [0.717, 1.165) is 6.54 Å². The van der Waals surface area contributed by atoms with E-state index in [2.05, 4.69) is 47.5 Å². The van der Waals surface area contributed by atoms with Crippen LogP contribution in [0.15, 0.2) is 30.6 Å². The third kappa shape index (κ3) is 2.22. The summed E-state index contributed by atoms with van der Waals surface area (Å²) < 4.78 is 2.09. The molecule has 1 aromatic heterocycles. The molecule has 70 valence electrons. The molecule has 1 aliphatic rings. The average molecular weight is 176 g/mol. The quantitative estimate of drug-likeness (QED) is 0.695. The summed E-state index contributed by atoms with van der Waals surface area (Å²) in [6, 6.07) is 2.83. The molecule has 1 aromatic rings. The van der Waals surface area contributed by atoms with E-state index in [1.165, 1.54) is 18.4 Å². The van der Waals surface area contributed by atoms with Crippen LogP contribution in [-0.4, -0.2) is 10.6 Å². The molecule has 0 radical (unpaired) electrons. The lowest BCUT2D eigenvalue weighted by Crippen LogP contribution is -2.25. The molecule has 0 fully saturated rings. The van der Waals surface area contributed by atoms with Gasteiger partial charge in [0.1, 0.15) is 0 Å². The van der Waals surface area contributed by atoms with Crippen molar-refractivity contribution in [2.75, 3.05) is 0 Å². The van der Waals surface area contributed by atoms with Gasteiger partial charge in [-0.25, -0.2) is 0 Å². The maximum Gasteiger partial charge on any atom is 0.0223 e. The second-order valence-corrected chi connectivity index (χ2v) is 3.71. The number of nitrogens with zero attached hydrogens (tertiary/aromatic N) is 1. The van der Waals surface area contributed by atoms with Crippen LogP contribution in [0.2, 0.25) is 0 Å². The molecule has 1 heterocycles. The standard InChI is InChI=1S/C11H16N2/c1-13-7-6-10(9-13)8-12-11-4-2-3-5-11/h2-3,6-7,9,11-12H,4-5,8H2,1H3. The Hall–Kier alpha value is -1.02. The highest BCUT2D eigenvalue weighted by atomic mass is 14.9. The minimum absolute atomic E-state index is 0.667. The van der Waals surface area contributed by atoms with Crippen LogP contribution in [0.25, 0.3) is 0 Å². The highest BCUT2D eigenvalue weighted by Crippen LogP contribution is 2.10. The van der Waals surface area contributed by atoms with E-state index in [1.54, 1.807) is 0 Å². The van der Waals surface area contributed by atoms with Crippen LogP contribution < -0.4 is 5.32 Å². The molecule has 0 saturated heterocycles. The van der Waals surface area contributed by atoms with Crippen molar-refractivity contribution in [3.8, 4) is 0 Å². The Morgan fingerprint density at radius 2 is 2.23 bits per heavy atom. The van der Waals surface area contributed by atoms with E-state index in [0.29, 0.717) is 6.04 Å². The lowest BCUT2D eigenvalue weighted by molar-refractivity contribution is 0.538. The molecule has 2 heteroatoms. The van der Waals surface area contributed by atoms with Gasteiger partial charge in [0.25, 0.3) is 0 Å². The zero-order valence-corrected chi connectivity index (χ0v) is 8.03. The summed E-state index contributed by atoms with van der Waals surface area (Å²) in [5.74, 6) is 0. The second kappa shape index (κ2) is 3.79. The minimum Gasteiger partial charge on any atom is -0.357 e. The summed E-state index contributed by atoms with van der Waals surface area (Å²) in [4.78, 5) is 0. The molecule has 0 saturated carbocycles. The summed E-state index contributed by atoms with van der Waals surface area (Å²) in [7, 11) is 2.06. The van der Waals surface area contributed by atoms with Gasteiger partial charge in [-0.15, -0.1) is 0 Å². The Labute approximate surface area is 79.3 Å². The summed E-state index contributed by atoms with van der Waals surface area (Å²) in [5, 5.41) is 3.54. The van der Waals surface area contributed by atoms with E-state index < -0.39 is 0 Å². The second-order valence-electron chi connectivity index (χ2n) is 3.71. The lowest BCUT2D eigenvalue weighted by Gasteiger charge is -2.10. The summed E-state index contributed by atoms with van der Waals surface area (Å²) in [5.41, 5.74) is 1.37. The maximum absolute atomic E-state index is 3.54. The molecule has 13 heavy (non-hydrogen) atoms. The monoisotopic (exact) mass is 176 g/mol. The molecule has 1 aliphatic carbocycles. The van der Waals surface area contributed by atoms with Crippen molar-refractivity contribution in [2.45, 2.75) is 25.4 Å². The zero-order valence-electron chi connectivity index (χ0n) is 8.03. The summed E-state index contributed by atoms with van der Waals surface area (Å²) in [6.07, 6.45) is 11.1. The van der Waals surface area contributed by atoms with Crippen LogP contribution in [0.3, 0.4) is 0 Å². The molecule has 0 aliphatic heterocycles. The molecule has 0 atom stereocenters. The van der Waals surface area contributed by atoms with E-state index >= 15 is 0 Å². The van der Waals surface area contributed by atoms with E-state index in [4.69, 9.17) is 0 Å². The fraction of sp³-hybridized carbons (Fsp3) is 0.455. The Morgan fingerprint density at radius 3 is 2.85 bits per heavy atom. The molecule has 0 aromatic carbocycles. The first-order valence-corrected chi connectivity index (χ1v) is 4.84. The number of nitrogens with one attached hydrogen (secondary N) is 1. The van der Waals surface area contributed by atoms with Gasteiger partial charge in [0, 0.05) is 32.0 Å². The highest BCUT2D eigenvalue weighted by molar-refractivity contribution is 5.10. The van der Waals surface area contributed by atoms with Gasteiger partial charge < -0.3 is 9.88 Å². The van der Waals surface area contributed by atoms with E-state index in [1.807, 2.05) is 0 Å². The fourth-order valence-corrected chi connectivity index (χ4v) is 1.71. The molecule has 0 spiro atoms. The molecular formula is C11H16N2.